The molecule has 1 atom stereocenters. The van der Waals surface area contributed by atoms with Crippen molar-refractivity contribution in [1.82, 2.24) is 0 Å². The predicted molar refractivity (Wildman–Crippen MR) is 72.7 cm³/mol. The molecule has 0 saturated heterocycles. The summed E-state index contributed by atoms with van der Waals surface area (Å²) in [6.45, 7) is 2.62. The second-order valence-electron chi connectivity index (χ2n) is 4.48. The van der Waals surface area contributed by atoms with Crippen LogP contribution in [-0.4, -0.2) is 12.4 Å². The molecule has 0 radical (unpaired) electrons. The largest absolute Gasteiger partial charge is 0.493 e. The van der Waals surface area contributed by atoms with Crippen LogP contribution in [0.15, 0.2) is 35.7 Å². The smallest absolute Gasteiger partial charge is 0.171 e. The molecule has 0 amide bonds. The first-order chi connectivity index (χ1) is 8.77. The van der Waals surface area contributed by atoms with Gasteiger partial charge in [0.05, 0.1) is 12.5 Å². The molecule has 1 aliphatic heterocycles. The molecule has 1 aromatic heterocycles. The Morgan fingerprint density at radius 3 is 2.94 bits per heavy atom. The number of carbonyl (C=O) groups is 1. The van der Waals surface area contributed by atoms with Crippen LogP contribution in [0.5, 0.6) is 5.75 Å². The van der Waals surface area contributed by atoms with Crippen LogP contribution in [0.2, 0.25) is 0 Å². The monoisotopic (exact) mass is 258 g/mol. The van der Waals surface area contributed by atoms with Crippen LogP contribution in [0.25, 0.3) is 0 Å². The van der Waals surface area contributed by atoms with Crippen molar-refractivity contribution in [3.63, 3.8) is 0 Å². The molecular weight excluding hydrogens is 244 g/mol. The highest BCUT2D eigenvalue weighted by Crippen LogP contribution is 2.36. The van der Waals surface area contributed by atoms with E-state index < -0.39 is 0 Å². The second kappa shape index (κ2) is 4.58. The maximum absolute atomic E-state index is 12.6. The summed E-state index contributed by atoms with van der Waals surface area (Å²) in [5.74, 6) is 1.03. The summed E-state index contributed by atoms with van der Waals surface area (Å²) in [5.41, 5.74) is 1.89. The van der Waals surface area contributed by atoms with E-state index in [1.807, 2.05) is 42.6 Å². The van der Waals surface area contributed by atoms with E-state index in [4.69, 9.17) is 4.74 Å². The third-order valence-corrected chi connectivity index (χ3v) is 4.24. The molecule has 92 valence electrons. The lowest BCUT2D eigenvalue weighted by Crippen LogP contribution is -2.21. The van der Waals surface area contributed by atoms with E-state index >= 15 is 0 Å². The van der Waals surface area contributed by atoms with Gasteiger partial charge in [-0.25, -0.2) is 0 Å². The van der Waals surface area contributed by atoms with E-state index in [1.54, 1.807) is 11.3 Å². The highest BCUT2D eigenvalue weighted by molar-refractivity contribution is 7.10. The number of ether oxygens (including phenoxy) is 1. The molecule has 3 heteroatoms. The molecule has 0 saturated carbocycles. The zero-order valence-corrected chi connectivity index (χ0v) is 11.0. The molecule has 1 aromatic carbocycles. The Hall–Kier alpha value is -1.61. The molecule has 0 fully saturated rings. The topological polar surface area (TPSA) is 26.3 Å². The van der Waals surface area contributed by atoms with Crippen molar-refractivity contribution in [3.05, 3.63) is 51.7 Å². The van der Waals surface area contributed by atoms with E-state index in [0.29, 0.717) is 6.61 Å². The van der Waals surface area contributed by atoms with Crippen molar-refractivity contribution in [3.8, 4) is 5.75 Å². The Morgan fingerprint density at radius 2 is 2.17 bits per heavy atom. The number of para-hydroxylation sites is 1. The van der Waals surface area contributed by atoms with Crippen molar-refractivity contribution in [2.45, 2.75) is 19.3 Å². The highest BCUT2D eigenvalue weighted by Gasteiger charge is 2.29. The van der Waals surface area contributed by atoms with Gasteiger partial charge in [-0.2, -0.15) is 0 Å². The van der Waals surface area contributed by atoms with Gasteiger partial charge < -0.3 is 4.74 Å². The van der Waals surface area contributed by atoms with Gasteiger partial charge >= 0.3 is 0 Å². The third kappa shape index (κ3) is 1.85. The van der Waals surface area contributed by atoms with E-state index in [9.17, 15) is 4.79 Å². The van der Waals surface area contributed by atoms with Crippen molar-refractivity contribution in [2.75, 3.05) is 6.61 Å². The zero-order chi connectivity index (χ0) is 12.5. The van der Waals surface area contributed by atoms with Crippen LogP contribution in [-0.2, 0) is 0 Å². The number of hydrogen-bond acceptors (Lipinski definition) is 3. The van der Waals surface area contributed by atoms with Gasteiger partial charge in [0.25, 0.3) is 0 Å². The van der Waals surface area contributed by atoms with Crippen molar-refractivity contribution >= 4 is 17.1 Å². The van der Waals surface area contributed by atoms with Crippen molar-refractivity contribution < 1.29 is 9.53 Å². The van der Waals surface area contributed by atoms with E-state index in [1.165, 1.54) is 0 Å². The van der Waals surface area contributed by atoms with Crippen LogP contribution in [0.3, 0.4) is 0 Å². The fourth-order valence-corrected chi connectivity index (χ4v) is 3.15. The average Bonchev–Trinajstić information content (AvgIpc) is 2.83. The number of Topliss-reactive ketones (excluding diaryl/α,β-unsaturated/α-hetero) is 1. The summed E-state index contributed by atoms with van der Waals surface area (Å²) in [4.78, 5) is 13.7. The van der Waals surface area contributed by atoms with Gasteiger partial charge in [0.2, 0.25) is 0 Å². The Kier molecular flexibility index (Phi) is 2.92. The summed E-state index contributed by atoms with van der Waals surface area (Å²) in [5, 5.41) is 1.98. The molecule has 1 unspecified atom stereocenters. The van der Waals surface area contributed by atoms with Gasteiger partial charge in [0.1, 0.15) is 5.75 Å². The standard InChI is InChI=1S/C15H14O2S/c1-10-11(7-9-18-10)15(16)13-6-8-17-14-5-3-2-4-12(13)14/h2-5,7,9,13H,6,8H2,1H3. The number of carbonyl (C=O) groups excluding carboxylic acids is 1. The van der Waals surface area contributed by atoms with Gasteiger partial charge in [0, 0.05) is 16.0 Å². The van der Waals surface area contributed by atoms with Gasteiger partial charge in [-0.05, 0) is 30.9 Å². The molecule has 0 spiro atoms. The first kappa shape index (κ1) is 11.5. The molecule has 0 bridgehead atoms. The number of rotatable bonds is 2. The fraction of sp³-hybridized carbons (Fsp3) is 0.267. The van der Waals surface area contributed by atoms with Crippen LogP contribution in [0.4, 0.5) is 0 Å². The molecular formula is C15H14O2S. The summed E-state index contributed by atoms with van der Waals surface area (Å²) in [7, 11) is 0. The van der Waals surface area contributed by atoms with E-state index in [2.05, 4.69) is 0 Å². The minimum absolute atomic E-state index is 0.0525. The lowest BCUT2D eigenvalue weighted by Gasteiger charge is -2.24. The lowest BCUT2D eigenvalue weighted by molar-refractivity contribution is 0.0933. The Bertz CT molecular complexity index is 586. The highest BCUT2D eigenvalue weighted by atomic mass is 32.1. The van der Waals surface area contributed by atoms with E-state index in [0.717, 1.165) is 28.2 Å². The normalized spacial score (nSPS) is 17.9. The number of ketones is 1. The Morgan fingerprint density at radius 1 is 1.33 bits per heavy atom. The minimum atomic E-state index is -0.0525. The van der Waals surface area contributed by atoms with Gasteiger partial charge in [0.15, 0.2) is 5.78 Å². The van der Waals surface area contributed by atoms with Gasteiger partial charge in [-0.3, -0.25) is 4.79 Å². The Labute approximate surface area is 110 Å². The molecule has 2 aromatic rings. The van der Waals surface area contributed by atoms with E-state index in [-0.39, 0.29) is 11.7 Å². The molecule has 2 heterocycles. The van der Waals surface area contributed by atoms with Gasteiger partial charge in [-0.15, -0.1) is 11.3 Å². The van der Waals surface area contributed by atoms with Gasteiger partial charge in [-0.1, -0.05) is 18.2 Å². The summed E-state index contributed by atoms with van der Waals surface area (Å²) < 4.78 is 5.60. The number of thiophene rings is 1. The maximum atomic E-state index is 12.6. The number of benzene rings is 1. The molecule has 0 aliphatic carbocycles. The summed E-state index contributed by atoms with van der Waals surface area (Å²) in [6.07, 6.45) is 0.769. The minimum Gasteiger partial charge on any atom is -0.493 e. The molecule has 3 rings (SSSR count). The predicted octanol–water partition coefficient (Wildman–Crippen LogP) is 3.81. The first-order valence-corrected chi connectivity index (χ1v) is 6.95. The molecule has 2 nitrogen and oxygen atoms in total. The van der Waals surface area contributed by atoms with Crippen molar-refractivity contribution in [1.29, 1.82) is 0 Å². The van der Waals surface area contributed by atoms with Crippen molar-refractivity contribution in [2.24, 2.45) is 0 Å². The fourth-order valence-electron chi connectivity index (χ4n) is 2.44. The summed E-state index contributed by atoms with van der Waals surface area (Å²) in [6, 6.07) is 9.78. The van der Waals surface area contributed by atoms with Crippen LogP contribution >= 0.6 is 11.3 Å². The lowest BCUT2D eigenvalue weighted by atomic mass is 9.86. The number of aryl methyl sites for hydroxylation is 1. The Balaban J connectivity index is 2.00. The molecule has 1 aliphatic rings. The quantitative estimate of drug-likeness (QED) is 0.766. The van der Waals surface area contributed by atoms with Crippen LogP contribution in [0.1, 0.15) is 33.1 Å². The zero-order valence-electron chi connectivity index (χ0n) is 10.2. The maximum Gasteiger partial charge on any atom is 0.171 e. The number of hydrogen-bond donors (Lipinski definition) is 0. The third-order valence-electron chi connectivity index (χ3n) is 3.40. The summed E-state index contributed by atoms with van der Waals surface area (Å²) >= 11 is 1.63. The number of fused-ring (bicyclic) bond motifs is 1. The molecule has 18 heavy (non-hydrogen) atoms. The SMILES string of the molecule is Cc1sccc1C(=O)C1CCOc2ccccc21. The van der Waals surface area contributed by atoms with Crippen LogP contribution in [0, 0.1) is 6.92 Å². The second-order valence-corrected chi connectivity index (χ2v) is 5.60. The average molecular weight is 258 g/mol. The molecule has 0 N–H and O–H groups in total. The van der Waals surface area contributed by atoms with Crippen LogP contribution < -0.4 is 4.74 Å². The first-order valence-electron chi connectivity index (χ1n) is 6.07.